The SMILES string of the molecule is c1ccc(-c2ccc3oc4c(-c5cccc6oc7cccc(-c8cccc9c8c8ccccc8n9-c8ccccc8)c7c56)nc(-c5ccccc5)nc4c3c2)cc1. The van der Waals surface area contributed by atoms with Crippen molar-refractivity contribution >= 4 is 65.8 Å². The lowest BCUT2D eigenvalue weighted by Gasteiger charge is -2.11. The maximum Gasteiger partial charge on any atom is 0.180 e. The topological polar surface area (TPSA) is 57.0 Å². The molecule has 266 valence electrons. The maximum atomic E-state index is 6.76. The minimum Gasteiger partial charge on any atom is -0.456 e. The molecule has 5 nitrogen and oxygen atoms in total. The first-order valence-corrected chi connectivity index (χ1v) is 19.2. The highest BCUT2D eigenvalue weighted by molar-refractivity contribution is 6.24. The van der Waals surface area contributed by atoms with Crippen LogP contribution >= 0.6 is 0 Å². The molecule has 0 N–H and O–H groups in total. The summed E-state index contributed by atoms with van der Waals surface area (Å²) < 4.78 is 15.8. The molecule has 5 heteroatoms. The summed E-state index contributed by atoms with van der Waals surface area (Å²) in [7, 11) is 0. The standard InChI is InChI=1S/C52H31N3O2/c1-4-15-32(16-5-1)34-29-30-43-40(31-34)50-51(57-43)49(53-52(54-50)33-17-6-2-7-18-33)39-24-14-28-45-48(39)47-37(23-13-27-44(47)56-45)36-22-12-26-42-46(36)38-21-10-11-25-41(38)55(42)35-19-8-3-9-20-35/h1-31H. The monoisotopic (exact) mass is 729 g/mol. The van der Waals surface area contributed by atoms with Gasteiger partial charge in [0.25, 0.3) is 0 Å². The average molecular weight is 730 g/mol. The van der Waals surface area contributed by atoms with Crippen LogP contribution in [0.2, 0.25) is 0 Å². The molecule has 0 fully saturated rings. The van der Waals surface area contributed by atoms with Gasteiger partial charge in [-0.05, 0) is 70.8 Å². The van der Waals surface area contributed by atoms with Crippen LogP contribution in [0.25, 0.3) is 116 Å². The van der Waals surface area contributed by atoms with E-state index < -0.39 is 0 Å². The number of rotatable bonds is 5. The number of aromatic nitrogens is 3. The Hall–Kier alpha value is -7.76. The number of hydrogen-bond acceptors (Lipinski definition) is 4. The van der Waals surface area contributed by atoms with E-state index in [1.165, 1.54) is 10.8 Å². The second kappa shape index (κ2) is 12.4. The zero-order valence-corrected chi connectivity index (χ0v) is 30.6. The minimum absolute atomic E-state index is 0.634. The molecule has 0 spiro atoms. The van der Waals surface area contributed by atoms with E-state index >= 15 is 0 Å². The van der Waals surface area contributed by atoms with E-state index in [-0.39, 0.29) is 0 Å². The molecule has 0 saturated carbocycles. The van der Waals surface area contributed by atoms with Gasteiger partial charge in [0.1, 0.15) is 28.0 Å². The fraction of sp³-hybridized carbons (Fsp3) is 0. The Morgan fingerprint density at radius 3 is 1.77 bits per heavy atom. The molecular weight excluding hydrogens is 699 g/mol. The molecule has 57 heavy (non-hydrogen) atoms. The van der Waals surface area contributed by atoms with Crippen molar-refractivity contribution in [3.63, 3.8) is 0 Å². The predicted molar refractivity (Wildman–Crippen MR) is 233 cm³/mol. The first kappa shape index (κ1) is 31.6. The van der Waals surface area contributed by atoms with Gasteiger partial charge in [-0.15, -0.1) is 0 Å². The molecule has 4 aromatic heterocycles. The summed E-state index contributed by atoms with van der Waals surface area (Å²) in [5.74, 6) is 0.634. The van der Waals surface area contributed by atoms with Crippen LogP contribution in [0, 0.1) is 0 Å². The van der Waals surface area contributed by atoms with Gasteiger partial charge in [0, 0.05) is 43.7 Å². The summed E-state index contributed by atoms with van der Waals surface area (Å²) in [4.78, 5) is 10.5. The molecule has 0 radical (unpaired) electrons. The molecule has 8 aromatic carbocycles. The lowest BCUT2D eigenvalue weighted by atomic mass is 9.93. The Morgan fingerprint density at radius 2 is 1.00 bits per heavy atom. The van der Waals surface area contributed by atoms with Crippen molar-refractivity contribution < 1.29 is 8.83 Å². The van der Waals surface area contributed by atoms with Crippen molar-refractivity contribution in [1.82, 2.24) is 14.5 Å². The van der Waals surface area contributed by atoms with Gasteiger partial charge in [-0.2, -0.15) is 0 Å². The first-order valence-electron chi connectivity index (χ1n) is 19.2. The summed E-state index contributed by atoms with van der Waals surface area (Å²) in [5, 5.41) is 5.34. The average Bonchev–Trinajstić information content (AvgIpc) is 3.96. The zero-order chi connectivity index (χ0) is 37.5. The summed E-state index contributed by atoms with van der Waals surface area (Å²) in [6.45, 7) is 0. The highest BCUT2D eigenvalue weighted by atomic mass is 16.3. The fourth-order valence-electron chi connectivity index (χ4n) is 8.74. The van der Waals surface area contributed by atoms with Gasteiger partial charge < -0.3 is 13.4 Å². The zero-order valence-electron chi connectivity index (χ0n) is 30.6. The number of furan rings is 2. The van der Waals surface area contributed by atoms with Crippen LogP contribution in [-0.2, 0) is 0 Å². The molecule has 0 unspecified atom stereocenters. The van der Waals surface area contributed by atoms with E-state index in [0.717, 1.165) is 94.2 Å². The number of benzene rings is 8. The molecule has 0 bridgehead atoms. The molecule has 0 aliphatic carbocycles. The molecule has 0 aliphatic rings. The summed E-state index contributed by atoms with van der Waals surface area (Å²) in [5.41, 5.74) is 14.2. The molecular formula is C52H31N3O2. The van der Waals surface area contributed by atoms with Gasteiger partial charge in [-0.1, -0.05) is 140 Å². The number of hydrogen-bond donors (Lipinski definition) is 0. The van der Waals surface area contributed by atoms with Gasteiger partial charge in [0.05, 0.1) is 11.0 Å². The Balaban J connectivity index is 1.16. The van der Waals surface area contributed by atoms with Crippen LogP contribution in [-0.4, -0.2) is 14.5 Å². The van der Waals surface area contributed by atoms with E-state index in [2.05, 4.69) is 150 Å². The maximum absolute atomic E-state index is 6.76. The number of nitrogens with zero attached hydrogens (tertiary/aromatic N) is 3. The summed E-state index contributed by atoms with van der Waals surface area (Å²) >= 11 is 0. The van der Waals surface area contributed by atoms with Gasteiger partial charge in [0.2, 0.25) is 0 Å². The van der Waals surface area contributed by atoms with Gasteiger partial charge in [0.15, 0.2) is 11.4 Å². The Morgan fingerprint density at radius 1 is 0.386 bits per heavy atom. The Labute approximate surface area is 326 Å². The van der Waals surface area contributed by atoms with Crippen molar-refractivity contribution in [1.29, 1.82) is 0 Å². The number of para-hydroxylation sites is 2. The fourth-order valence-corrected chi connectivity index (χ4v) is 8.74. The number of fused-ring (bicyclic) bond motifs is 9. The third kappa shape index (κ3) is 4.82. The second-order valence-electron chi connectivity index (χ2n) is 14.5. The lowest BCUT2D eigenvalue weighted by molar-refractivity contribution is 0.667. The predicted octanol–water partition coefficient (Wildman–Crippen LogP) is 14.0. The third-order valence-corrected chi connectivity index (χ3v) is 11.2. The van der Waals surface area contributed by atoms with E-state index in [9.17, 15) is 0 Å². The van der Waals surface area contributed by atoms with Crippen LogP contribution in [0.5, 0.6) is 0 Å². The normalized spacial score (nSPS) is 11.9. The Kier molecular flexibility index (Phi) is 6.86. The minimum atomic E-state index is 0.634. The summed E-state index contributed by atoms with van der Waals surface area (Å²) in [6.07, 6.45) is 0. The van der Waals surface area contributed by atoms with Crippen LogP contribution in [0.1, 0.15) is 0 Å². The molecule has 0 amide bonds. The van der Waals surface area contributed by atoms with E-state index in [0.29, 0.717) is 11.4 Å². The Bertz CT molecular complexity index is 3510. The van der Waals surface area contributed by atoms with Gasteiger partial charge >= 0.3 is 0 Å². The van der Waals surface area contributed by atoms with Crippen LogP contribution in [0.4, 0.5) is 0 Å². The van der Waals surface area contributed by atoms with Crippen molar-refractivity contribution in [2.24, 2.45) is 0 Å². The van der Waals surface area contributed by atoms with Crippen LogP contribution < -0.4 is 0 Å². The summed E-state index contributed by atoms with van der Waals surface area (Å²) in [6, 6.07) is 65.4. The van der Waals surface area contributed by atoms with Crippen molar-refractivity contribution in [3.8, 4) is 50.6 Å². The molecule has 12 aromatic rings. The van der Waals surface area contributed by atoms with Crippen molar-refractivity contribution in [2.45, 2.75) is 0 Å². The molecule has 0 atom stereocenters. The van der Waals surface area contributed by atoms with E-state index in [1.807, 2.05) is 42.5 Å². The van der Waals surface area contributed by atoms with E-state index in [1.54, 1.807) is 0 Å². The highest BCUT2D eigenvalue weighted by Crippen LogP contribution is 2.47. The molecule has 4 heterocycles. The third-order valence-electron chi connectivity index (χ3n) is 11.2. The van der Waals surface area contributed by atoms with Crippen LogP contribution in [0.15, 0.2) is 197 Å². The lowest BCUT2D eigenvalue weighted by Crippen LogP contribution is -1.94. The smallest absolute Gasteiger partial charge is 0.180 e. The van der Waals surface area contributed by atoms with Gasteiger partial charge in [-0.25, -0.2) is 9.97 Å². The van der Waals surface area contributed by atoms with Crippen molar-refractivity contribution in [3.05, 3.63) is 188 Å². The largest absolute Gasteiger partial charge is 0.456 e. The van der Waals surface area contributed by atoms with Gasteiger partial charge in [-0.3, -0.25) is 0 Å². The molecule has 12 rings (SSSR count). The van der Waals surface area contributed by atoms with Crippen molar-refractivity contribution in [2.75, 3.05) is 0 Å². The molecule has 0 saturated heterocycles. The van der Waals surface area contributed by atoms with E-state index in [4.69, 9.17) is 18.8 Å². The second-order valence-corrected chi connectivity index (χ2v) is 14.5. The van der Waals surface area contributed by atoms with Crippen LogP contribution in [0.3, 0.4) is 0 Å². The molecule has 0 aliphatic heterocycles. The highest BCUT2D eigenvalue weighted by Gasteiger charge is 2.24. The quantitative estimate of drug-likeness (QED) is 0.177. The first-order chi connectivity index (χ1) is 28.3.